The molecule has 0 saturated heterocycles. The van der Waals surface area contributed by atoms with Crippen molar-refractivity contribution in [3.05, 3.63) is 228 Å². The number of amidine groups is 2. The lowest BCUT2D eigenvalue weighted by Crippen LogP contribution is -2.26. The highest BCUT2D eigenvalue weighted by molar-refractivity contribution is 7.25. The molecule has 0 atom stereocenters. The summed E-state index contributed by atoms with van der Waals surface area (Å²) in [7, 11) is 0. The van der Waals surface area contributed by atoms with E-state index in [1.807, 2.05) is 66.8 Å². The fraction of sp³-hybridized carbons (Fsp3) is 0.0556. The lowest BCUT2D eigenvalue weighted by molar-refractivity contribution is 0.796. The Bertz CT molecular complexity index is 3020. The van der Waals surface area contributed by atoms with Crippen molar-refractivity contribution in [3.63, 3.8) is 0 Å². The average Bonchev–Trinajstić information content (AvgIpc) is 3.90. The van der Waals surface area contributed by atoms with Crippen LogP contribution in [0.1, 0.15) is 40.3 Å². The molecule has 1 heterocycles. The van der Waals surface area contributed by atoms with Gasteiger partial charge in [-0.25, -0.2) is 9.98 Å². The third kappa shape index (κ3) is 5.52. The highest BCUT2D eigenvalue weighted by Gasteiger charge is 2.52. The van der Waals surface area contributed by atoms with Crippen LogP contribution >= 0.6 is 11.3 Å². The molecule has 1 spiro atoms. The van der Waals surface area contributed by atoms with Gasteiger partial charge >= 0.3 is 0 Å². The van der Waals surface area contributed by atoms with Crippen molar-refractivity contribution < 1.29 is 0 Å². The zero-order chi connectivity index (χ0) is 39.2. The second-order valence-electron chi connectivity index (χ2n) is 14.7. The van der Waals surface area contributed by atoms with Gasteiger partial charge in [-0.1, -0.05) is 158 Å². The molecular weight excluding hydrogens is 723 g/mol. The quantitative estimate of drug-likeness (QED) is 0.0881. The number of allylic oxidation sites excluding steroid dienone is 3. The van der Waals surface area contributed by atoms with Crippen molar-refractivity contribution in [1.29, 1.82) is 0 Å². The predicted octanol–water partition coefficient (Wildman–Crippen LogP) is 13.6. The monoisotopic (exact) mass is 761 g/mol. The van der Waals surface area contributed by atoms with E-state index in [9.17, 15) is 0 Å². The summed E-state index contributed by atoms with van der Waals surface area (Å²) in [5.41, 5.74) is 15.5. The van der Waals surface area contributed by atoms with Crippen molar-refractivity contribution >= 4 is 49.9 Å². The number of thiophene rings is 1. The third-order valence-electron chi connectivity index (χ3n) is 11.6. The fourth-order valence-corrected chi connectivity index (χ4v) is 10.3. The van der Waals surface area contributed by atoms with Gasteiger partial charge < -0.3 is 0 Å². The van der Waals surface area contributed by atoms with Crippen molar-refractivity contribution in [2.45, 2.75) is 12.3 Å². The molecule has 0 N–H and O–H groups in total. The number of hydrogen-bond donors (Lipinski definition) is 0. The second-order valence-corrected chi connectivity index (χ2v) is 15.8. The molecule has 2 aliphatic carbocycles. The molecule has 10 rings (SSSR count). The van der Waals surface area contributed by atoms with E-state index in [0.29, 0.717) is 18.2 Å². The SMILES string of the molecule is C=C/C=C(\C=C/C)CN=C(N=C(N=C)c1ccc2sc3ccc(-c4cccc5c4C4(c6ccccc6-c6ccccc64)c4ccccc4-5)cc3c2c1)c1ccccc1. The standard InChI is InChI=1S/C54H39N3S/c1-4-16-35(17-5-2)34-56-53(36-18-7-6-8-19-36)57-52(55-3)38-29-31-50-45(33-38)44-32-37(28-30-49(44)58-50)39-23-15-24-43-42-22-11-14-27-48(42)54(51(39)43)46-25-12-9-20-40(46)41-21-10-13-26-47(41)54/h4-33H,1,3,34H2,2H3/b17-5-,35-16+,56-53?,57-52?. The number of fused-ring (bicyclic) bond motifs is 13. The Morgan fingerprint density at radius 3 is 1.84 bits per heavy atom. The Morgan fingerprint density at radius 1 is 0.603 bits per heavy atom. The van der Waals surface area contributed by atoms with Crippen LogP contribution in [0, 0.1) is 0 Å². The van der Waals surface area contributed by atoms with E-state index in [1.165, 1.54) is 75.8 Å². The third-order valence-corrected chi connectivity index (χ3v) is 12.7. The summed E-state index contributed by atoms with van der Waals surface area (Å²) in [5, 5.41) is 2.37. The van der Waals surface area contributed by atoms with Gasteiger partial charge in [-0.2, -0.15) is 0 Å². The largest absolute Gasteiger partial charge is 0.261 e. The maximum Gasteiger partial charge on any atom is 0.161 e. The van der Waals surface area contributed by atoms with E-state index in [0.717, 1.165) is 16.7 Å². The minimum Gasteiger partial charge on any atom is -0.261 e. The van der Waals surface area contributed by atoms with Gasteiger partial charge in [0.05, 0.1) is 12.0 Å². The topological polar surface area (TPSA) is 37.1 Å². The van der Waals surface area contributed by atoms with Crippen LogP contribution in [0.4, 0.5) is 0 Å². The first-order chi connectivity index (χ1) is 28.6. The lowest BCUT2D eigenvalue weighted by atomic mass is 9.68. The Labute approximate surface area is 343 Å². The molecule has 0 unspecified atom stereocenters. The maximum atomic E-state index is 5.06. The summed E-state index contributed by atoms with van der Waals surface area (Å²) in [5.74, 6) is 1.13. The Morgan fingerprint density at radius 2 is 1.19 bits per heavy atom. The maximum absolute atomic E-state index is 5.06. The average molecular weight is 762 g/mol. The van der Waals surface area contributed by atoms with Gasteiger partial charge in [-0.15, -0.1) is 11.3 Å². The van der Waals surface area contributed by atoms with Crippen LogP contribution < -0.4 is 0 Å². The highest BCUT2D eigenvalue weighted by Crippen LogP contribution is 2.64. The second kappa shape index (κ2) is 14.5. The van der Waals surface area contributed by atoms with Gasteiger partial charge in [0.1, 0.15) is 0 Å². The van der Waals surface area contributed by atoms with Gasteiger partial charge in [-0.3, -0.25) is 4.99 Å². The van der Waals surface area contributed by atoms with Gasteiger partial charge in [0.2, 0.25) is 0 Å². The molecule has 1 aromatic heterocycles. The number of benzene rings is 7. The summed E-state index contributed by atoms with van der Waals surface area (Å²) in [6.07, 6.45) is 7.81. The molecule has 0 radical (unpaired) electrons. The number of aliphatic imine (C=N–C) groups is 3. The molecular formula is C54H39N3S. The van der Waals surface area contributed by atoms with E-state index in [-0.39, 0.29) is 0 Å². The Hall–Kier alpha value is -7.01. The molecule has 58 heavy (non-hydrogen) atoms. The van der Waals surface area contributed by atoms with E-state index < -0.39 is 5.41 Å². The summed E-state index contributed by atoms with van der Waals surface area (Å²) >= 11 is 1.81. The minimum absolute atomic E-state index is 0.428. The number of rotatable bonds is 7. The first-order valence-corrected chi connectivity index (χ1v) is 20.4. The highest BCUT2D eigenvalue weighted by atomic mass is 32.1. The molecule has 0 bridgehead atoms. The Kier molecular flexibility index (Phi) is 8.85. The smallest absolute Gasteiger partial charge is 0.161 e. The Balaban J connectivity index is 1.13. The van der Waals surface area contributed by atoms with Gasteiger partial charge in [0.25, 0.3) is 0 Å². The first kappa shape index (κ1) is 35.4. The van der Waals surface area contributed by atoms with Crippen LogP contribution in [0.25, 0.3) is 53.6 Å². The summed E-state index contributed by atoms with van der Waals surface area (Å²) in [4.78, 5) is 14.5. The molecule has 276 valence electrons. The molecule has 0 saturated carbocycles. The zero-order valence-corrected chi connectivity index (χ0v) is 33.0. The lowest BCUT2D eigenvalue weighted by Gasteiger charge is -2.32. The van der Waals surface area contributed by atoms with Crippen molar-refractivity contribution in [2.75, 3.05) is 6.54 Å². The molecule has 3 nitrogen and oxygen atoms in total. The minimum atomic E-state index is -0.428. The van der Waals surface area contributed by atoms with Crippen LogP contribution in [0.3, 0.4) is 0 Å². The van der Waals surface area contributed by atoms with E-state index >= 15 is 0 Å². The van der Waals surface area contributed by atoms with E-state index in [1.54, 1.807) is 6.08 Å². The first-order valence-electron chi connectivity index (χ1n) is 19.6. The van der Waals surface area contributed by atoms with Crippen LogP contribution in [0.15, 0.2) is 209 Å². The van der Waals surface area contributed by atoms with Crippen LogP contribution in [-0.4, -0.2) is 24.9 Å². The van der Waals surface area contributed by atoms with Crippen LogP contribution in [0.5, 0.6) is 0 Å². The molecule has 8 aromatic rings. The summed E-state index contributed by atoms with van der Waals surface area (Å²) in [6.45, 7) is 10.3. The summed E-state index contributed by atoms with van der Waals surface area (Å²) in [6, 6.07) is 57.4. The molecule has 2 aliphatic rings. The van der Waals surface area contributed by atoms with Crippen molar-refractivity contribution in [1.82, 2.24) is 0 Å². The van der Waals surface area contributed by atoms with Gasteiger partial charge in [-0.05, 0) is 105 Å². The molecule has 0 fully saturated rings. The molecule has 7 aromatic carbocycles. The van der Waals surface area contributed by atoms with Crippen molar-refractivity contribution in [2.24, 2.45) is 15.0 Å². The molecule has 0 aliphatic heterocycles. The van der Waals surface area contributed by atoms with E-state index in [4.69, 9.17) is 9.98 Å². The number of nitrogens with zero attached hydrogens (tertiary/aromatic N) is 3. The predicted molar refractivity (Wildman–Crippen MR) is 248 cm³/mol. The zero-order valence-electron chi connectivity index (χ0n) is 32.2. The summed E-state index contributed by atoms with van der Waals surface area (Å²) < 4.78 is 2.45. The van der Waals surface area contributed by atoms with Gasteiger partial charge in [0.15, 0.2) is 11.7 Å². The molecule has 0 amide bonds. The van der Waals surface area contributed by atoms with E-state index in [2.05, 4.69) is 146 Å². The fourth-order valence-electron chi connectivity index (χ4n) is 9.24. The van der Waals surface area contributed by atoms with Crippen LogP contribution in [-0.2, 0) is 5.41 Å². The number of hydrogen-bond acceptors (Lipinski definition) is 2. The normalized spacial score (nSPS) is 14.2. The molecule has 4 heteroatoms. The van der Waals surface area contributed by atoms with Crippen LogP contribution in [0.2, 0.25) is 0 Å². The van der Waals surface area contributed by atoms with Crippen molar-refractivity contribution in [3.8, 4) is 33.4 Å². The van der Waals surface area contributed by atoms with Gasteiger partial charge in [0, 0.05) is 31.3 Å².